The molecule has 0 fully saturated rings. The molecule has 0 bridgehead atoms. The first-order chi connectivity index (χ1) is 12.0. The van der Waals surface area contributed by atoms with Gasteiger partial charge in [-0.15, -0.1) is 0 Å². The molecule has 0 atom stereocenters. The number of carbonyl (C=O) groups is 1. The number of benzene rings is 1. The first kappa shape index (κ1) is 16.4. The highest BCUT2D eigenvalue weighted by atomic mass is 16.6. The van der Waals surface area contributed by atoms with E-state index in [4.69, 9.17) is 0 Å². The second kappa shape index (κ2) is 6.56. The third kappa shape index (κ3) is 3.39. The molecule has 2 aromatic heterocycles. The van der Waals surface area contributed by atoms with E-state index in [0.717, 1.165) is 11.3 Å². The van der Waals surface area contributed by atoms with Gasteiger partial charge in [-0.3, -0.25) is 19.6 Å². The molecule has 0 aliphatic carbocycles. The number of nitrogens with zero attached hydrogens (tertiary/aromatic N) is 6. The lowest BCUT2D eigenvalue weighted by Crippen LogP contribution is -2.27. The van der Waals surface area contributed by atoms with E-state index in [9.17, 15) is 14.9 Å². The lowest BCUT2D eigenvalue weighted by molar-refractivity contribution is -0.385. The summed E-state index contributed by atoms with van der Waals surface area (Å²) in [5.74, 6) is -0.497. The summed E-state index contributed by atoms with van der Waals surface area (Å²) in [5.41, 5.74) is 1.34. The molecule has 0 unspecified atom stereocenters. The van der Waals surface area contributed by atoms with Crippen molar-refractivity contribution in [3.8, 4) is 5.69 Å². The molecule has 1 aromatic carbocycles. The van der Waals surface area contributed by atoms with E-state index in [1.807, 2.05) is 36.5 Å². The average Bonchev–Trinajstić information content (AvgIpc) is 3.24. The number of aromatic nitrogens is 4. The van der Waals surface area contributed by atoms with Crippen LogP contribution >= 0.6 is 0 Å². The Bertz CT molecular complexity index is 899. The number of rotatable bonds is 5. The second-order valence-corrected chi connectivity index (χ2v) is 5.57. The van der Waals surface area contributed by atoms with E-state index in [1.54, 1.807) is 17.9 Å². The number of aryl methyl sites for hydroxylation is 1. The van der Waals surface area contributed by atoms with Crippen LogP contribution in [0.3, 0.4) is 0 Å². The highest BCUT2D eigenvalue weighted by Gasteiger charge is 2.27. The third-order valence-corrected chi connectivity index (χ3v) is 3.68. The molecular formula is C16H16N6O3. The van der Waals surface area contributed by atoms with Crippen LogP contribution < -0.4 is 0 Å². The van der Waals surface area contributed by atoms with E-state index in [2.05, 4.69) is 10.2 Å². The first-order valence-electron chi connectivity index (χ1n) is 7.48. The number of amides is 1. The number of hydrogen-bond acceptors (Lipinski definition) is 5. The smallest absolute Gasteiger partial charge is 0.320 e. The van der Waals surface area contributed by atoms with Gasteiger partial charge in [-0.05, 0) is 23.8 Å². The zero-order chi connectivity index (χ0) is 18.0. The van der Waals surface area contributed by atoms with Crippen molar-refractivity contribution in [1.29, 1.82) is 0 Å². The van der Waals surface area contributed by atoms with Crippen LogP contribution in [0.5, 0.6) is 0 Å². The van der Waals surface area contributed by atoms with Crippen molar-refractivity contribution in [3.63, 3.8) is 0 Å². The normalized spacial score (nSPS) is 10.6. The maximum Gasteiger partial charge on any atom is 0.320 e. The average molecular weight is 340 g/mol. The SMILES string of the molecule is CN(Cc1ccc(-n2cccn2)cc1)C(=O)c1nn(C)cc1[N+](=O)[O-]. The molecular weight excluding hydrogens is 324 g/mol. The molecule has 1 amide bonds. The Balaban J connectivity index is 1.75. The van der Waals surface area contributed by atoms with Crippen LogP contribution in [0.25, 0.3) is 5.69 Å². The lowest BCUT2D eigenvalue weighted by atomic mass is 10.2. The summed E-state index contributed by atoms with van der Waals surface area (Å²) in [6, 6.07) is 9.38. The molecule has 0 saturated heterocycles. The zero-order valence-electron chi connectivity index (χ0n) is 13.7. The molecule has 0 aliphatic rings. The van der Waals surface area contributed by atoms with Crippen molar-refractivity contribution in [2.75, 3.05) is 7.05 Å². The highest BCUT2D eigenvalue weighted by molar-refractivity contribution is 5.95. The Hall–Kier alpha value is -3.49. The summed E-state index contributed by atoms with van der Waals surface area (Å²) in [7, 11) is 3.12. The topological polar surface area (TPSA) is 99.1 Å². The molecule has 9 heteroatoms. The number of carbonyl (C=O) groups excluding carboxylic acids is 1. The molecule has 3 rings (SSSR count). The minimum atomic E-state index is -0.604. The minimum Gasteiger partial charge on any atom is -0.336 e. The van der Waals surface area contributed by atoms with Gasteiger partial charge in [0.2, 0.25) is 5.69 Å². The van der Waals surface area contributed by atoms with Gasteiger partial charge in [0.15, 0.2) is 0 Å². The van der Waals surface area contributed by atoms with Crippen LogP contribution in [0.1, 0.15) is 16.1 Å². The van der Waals surface area contributed by atoms with Crippen molar-refractivity contribution >= 4 is 11.6 Å². The fourth-order valence-electron chi connectivity index (χ4n) is 2.46. The molecule has 3 aromatic rings. The van der Waals surface area contributed by atoms with Gasteiger partial charge in [-0.25, -0.2) is 4.68 Å². The molecule has 0 saturated carbocycles. The fourth-order valence-corrected chi connectivity index (χ4v) is 2.46. The van der Waals surface area contributed by atoms with Crippen LogP contribution in [-0.2, 0) is 13.6 Å². The third-order valence-electron chi connectivity index (χ3n) is 3.68. The molecule has 0 spiro atoms. The predicted molar refractivity (Wildman–Crippen MR) is 89.2 cm³/mol. The molecule has 2 heterocycles. The van der Waals surface area contributed by atoms with E-state index in [1.165, 1.54) is 22.8 Å². The zero-order valence-corrected chi connectivity index (χ0v) is 13.7. The Labute approximate surface area is 143 Å². The van der Waals surface area contributed by atoms with Crippen molar-refractivity contribution in [3.05, 3.63) is 70.3 Å². The van der Waals surface area contributed by atoms with Gasteiger partial charge in [0.1, 0.15) is 6.20 Å². The largest absolute Gasteiger partial charge is 0.336 e. The van der Waals surface area contributed by atoms with E-state index in [0.29, 0.717) is 6.54 Å². The van der Waals surface area contributed by atoms with Gasteiger partial charge in [0.05, 0.1) is 10.6 Å². The van der Waals surface area contributed by atoms with Crippen LogP contribution in [0.4, 0.5) is 5.69 Å². The van der Waals surface area contributed by atoms with Crippen LogP contribution in [-0.4, -0.2) is 42.3 Å². The molecule has 128 valence electrons. The number of nitro groups is 1. The van der Waals surface area contributed by atoms with Gasteiger partial charge < -0.3 is 4.90 Å². The first-order valence-corrected chi connectivity index (χ1v) is 7.48. The van der Waals surface area contributed by atoms with Crippen molar-refractivity contribution in [2.45, 2.75) is 6.54 Å². The van der Waals surface area contributed by atoms with Crippen LogP contribution in [0.15, 0.2) is 48.9 Å². The van der Waals surface area contributed by atoms with Crippen molar-refractivity contribution < 1.29 is 9.72 Å². The number of hydrogen-bond donors (Lipinski definition) is 0. The van der Waals surface area contributed by atoms with Gasteiger partial charge >= 0.3 is 5.69 Å². The van der Waals surface area contributed by atoms with E-state index >= 15 is 0 Å². The maximum absolute atomic E-state index is 12.5. The molecule has 9 nitrogen and oxygen atoms in total. The van der Waals surface area contributed by atoms with Gasteiger partial charge in [0, 0.05) is 33.0 Å². The van der Waals surface area contributed by atoms with Crippen LogP contribution in [0, 0.1) is 10.1 Å². The highest BCUT2D eigenvalue weighted by Crippen LogP contribution is 2.19. The van der Waals surface area contributed by atoms with E-state index < -0.39 is 10.8 Å². The van der Waals surface area contributed by atoms with Gasteiger partial charge in [-0.1, -0.05) is 12.1 Å². The van der Waals surface area contributed by atoms with Crippen molar-refractivity contribution in [2.24, 2.45) is 7.05 Å². The Kier molecular flexibility index (Phi) is 4.29. The summed E-state index contributed by atoms with van der Waals surface area (Å²) in [4.78, 5) is 24.3. The molecule has 25 heavy (non-hydrogen) atoms. The summed E-state index contributed by atoms with van der Waals surface area (Å²) in [6.45, 7) is 0.311. The Morgan fingerprint density at radius 3 is 2.64 bits per heavy atom. The summed E-state index contributed by atoms with van der Waals surface area (Å²) in [5, 5.41) is 19.1. The lowest BCUT2D eigenvalue weighted by Gasteiger charge is -2.16. The van der Waals surface area contributed by atoms with Gasteiger partial charge in [0.25, 0.3) is 5.91 Å². The van der Waals surface area contributed by atoms with Crippen molar-refractivity contribution in [1.82, 2.24) is 24.5 Å². The quantitative estimate of drug-likeness (QED) is 0.521. The fraction of sp³-hybridized carbons (Fsp3) is 0.188. The maximum atomic E-state index is 12.5. The van der Waals surface area contributed by atoms with E-state index in [-0.39, 0.29) is 11.4 Å². The standard InChI is InChI=1S/C16H16N6O3/c1-19(16(23)15-14(22(24)25)11-20(2)18-15)10-12-4-6-13(7-5-12)21-9-3-8-17-21/h3-9,11H,10H2,1-2H3. The summed E-state index contributed by atoms with van der Waals surface area (Å²) >= 11 is 0. The predicted octanol–water partition coefficient (Wildman–Crippen LogP) is 1.79. The minimum absolute atomic E-state index is 0.164. The summed E-state index contributed by atoms with van der Waals surface area (Å²) in [6.07, 6.45) is 4.75. The van der Waals surface area contributed by atoms with Crippen LogP contribution in [0.2, 0.25) is 0 Å². The Morgan fingerprint density at radius 2 is 2.04 bits per heavy atom. The molecule has 0 aliphatic heterocycles. The summed E-state index contributed by atoms with van der Waals surface area (Å²) < 4.78 is 2.99. The second-order valence-electron chi connectivity index (χ2n) is 5.57. The Morgan fingerprint density at radius 1 is 1.32 bits per heavy atom. The monoisotopic (exact) mass is 340 g/mol. The van der Waals surface area contributed by atoms with Gasteiger partial charge in [-0.2, -0.15) is 10.2 Å². The molecule has 0 N–H and O–H groups in total. The molecule has 0 radical (unpaired) electrons.